The van der Waals surface area contributed by atoms with Gasteiger partial charge >= 0.3 is 0 Å². The van der Waals surface area contributed by atoms with Crippen LogP contribution in [0.2, 0.25) is 0 Å². The Kier molecular flexibility index (Phi) is 1.92. The summed E-state index contributed by atoms with van der Waals surface area (Å²) in [4.78, 5) is 21.0. The van der Waals surface area contributed by atoms with E-state index in [0.717, 1.165) is 11.1 Å². The molecule has 2 rings (SSSR count). The van der Waals surface area contributed by atoms with Crippen molar-refractivity contribution >= 4 is 11.6 Å². The Hall–Kier alpha value is -1.91. The third-order valence-corrected chi connectivity index (χ3v) is 2.23. The number of hydrogen-bond acceptors (Lipinski definition) is 3. The maximum absolute atomic E-state index is 11.0. The van der Waals surface area contributed by atoms with E-state index >= 15 is 0 Å². The first kappa shape index (κ1) is 8.68. The van der Waals surface area contributed by atoms with Crippen LogP contribution in [0, 0.1) is 10.1 Å². The predicted molar refractivity (Wildman–Crippen MR) is 48.6 cm³/mol. The molecule has 0 bridgehead atoms. The van der Waals surface area contributed by atoms with Crippen LogP contribution in [0.15, 0.2) is 18.2 Å². The second-order valence-electron chi connectivity index (χ2n) is 3.16. The number of amides is 1. The molecular weight excluding hydrogens is 184 g/mol. The Balaban J connectivity index is 2.42. The van der Waals surface area contributed by atoms with E-state index in [4.69, 9.17) is 0 Å². The van der Waals surface area contributed by atoms with Crippen LogP contribution in [0.25, 0.3) is 0 Å². The molecule has 0 aliphatic carbocycles. The van der Waals surface area contributed by atoms with Crippen molar-refractivity contribution in [3.05, 3.63) is 39.4 Å². The fourth-order valence-electron chi connectivity index (χ4n) is 1.49. The van der Waals surface area contributed by atoms with Crippen molar-refractivity contribution in [1.29, 1.82) is 0 Å². The average Bonchev–Trinajstić information content (AvgIpc) is 2.16. The standard InChI is InChI=1S/C9H8N2O3/c12-9-4-7-3-8(11(13)14)2-1-6(7)5-10-9/h1-3H,4-5H2,(H,10,12). The maximum Gasteiger partial charge on any atom is 0.269 e. The zero-order valence-electron chi connectivity index (χ0n) is 7.32. The second-order valence-corrected chi connectivity index (χ2v) is 3.16. The summed E-state index contributed by atoms with van der Waals surface area (Å²) in [5.74, 6) is -0.0852. The van der Waals surface area contributed by atoms with Crippen LogP contribution in [-0.4, -0.2) is 10.8 Å². The van der Waals surface area contributed by atoms with E-state index in [1.165, 1.54) is 12.1 Å². The molecule has 1 aromatic rings. The Bertz CT molecular complexity index is 415. The normalized spacial score (nSPS) is 14.4. The number of nitrogens with zero attached hydrogens (tertiary/aromatic N) is 1. The molecule has 14 heavy (non-hydrogen) atoms. The Morgan fingerprint density at radius 3 is 2.86 bits per heavy atom. The molecule has 0 atom stereocenters. The van der Waals surface area contributed by atoms with Gasteiger partial charge in [-0.2, -0.15) is 0 Å². The number of fused-ring (bicyclic) bond motifs is 1. The van der Waals surface area contributed by atoms with E-state index in [1.54, 1.807) is 6.07 Å². The van der Waals surface area contributed by atoms with Crippen LogP contribution in [-0.2, 0) is 17.8 Å². The Labute approximate surface area is 79.9 Å². The van der Waals surface area contributed by atoms with Gasteiger partial charge in [0.1, 0.15) is 0 Å². The number of nitro groups is 1. The minimum absolute atomic E-state index is 0.0402. The van der Waals surface area contributed by atoms with Gasteiger partial charge in [-0.05, 0) is 11.1 Å². The van der Waals surface area contributed by atoms with E-state index in [9.17, 15) is 14.9 Å². The third kappa shape index (κ3) is 1.44. The molecule has 5 nitrogen and oxygen atoms in total. The molecule has 1 amide bonds. The minimum Gasteiger partial charge on any atom is -0.352 e. The molecule has 1 heterocycles. The fraction of sp³-hybridized carbons (Fsp3) is 0.222. The minimum atomic E-state index is -0.452. The molecule has 0 unspecified atom stereocenters. The van der Waals surface area contributed by atoms with Gasteiger partial charge in [-0.15, -0.1) is 0 Å². The molecule has 0 radical (unpaired) electrons. The zero-order valence-corrected chi connectivity index (χ0v) is 7.32. The quantitative estimate of drug-likeness (QED) is 0.527. The highest BCUT2D eigenvalue weighted by Crippen LogP contribution is 2.20. The molecule has 0 saturated carbocycles. The van der Waals surface area contributed by atoms with Gasteiger partial charge in [-0.25, -0.2) is 0 Å². The van der Waals surface area contributed by atoms with Crippen molar-refractivity contribution in [1.82, 2.24) is 5.32 Å². The van der Waals surface area contributed by atoms with Gasteiger partial charge in [0.05, 0.1) is 11.3 Å². The van der Waals surface area contributed by atoms with Crippen LogP contribution >= 0.6 is 0 Å². The molecule has 0 saturated heterocycles. The molecule has 1 N–H and O–H groups in total. The van der Waals surface area contributed by atoms with Crippen molar-refractivity contribution in [3.63, 3.8) is 0 Å². The van der Waals surface area contributed by atoms with Crippen molar-refractivity contribution in [2.45, 2.75) is 13.0 Å². The van der Waals surface area contributed by atoms with Crippen molar-refractivity contribution < 1.29 is 9.72 Å². The summed E-state index contributed by atoms with van der Waals surface area (Å²) in [7, 11) is 0. The number of nitrogens with one attached hydrogen (secondary N) is 1. The van der Waals surface area contributed by atoms with Gasteiger partial charge in [0.2, 0.25) is 5.91 Å². The highest BCUT2D eigenvalue weighted by Gasteiger charge is 2.17. The number of nitro benzene ring substituents is 1. The summed E-state index contributed by atoms with van der Waals surface area (Å²) >= 11 is 0. The number of hydrogen-bond donors (Lipinski definition) is 1. The summed E-state index contributed by atoms with van der Waals surface area (Å²) in [5.41, 5.74) is 1.75. The topological polar surface area (TPSA) is 72.2 Å². The first-order chi connectivity index (χ1) is 6.66. The Morgan fingerprint density at radius 2 is 2.14 bits per heavy atom. The lowest BCUT2D eigenvalue weighted by Crippen LogP contribution is -2.30. The van der Waals surface area contributed by atoms with Gasteiger partial charge in [-0.1, -0.05) is 6.07 Å². The van der Waals surface area contributed by atoms with Gasteiger partial charge in [0.25, 0.3) is 5.69 Å². The highest BCUT2D eigenvalue weighted by atomic mass is 16.6. The molecular formula is C9H8N2O3. The smallest absolute Gasteiger partial charge is 0.269 e. The lowest BCUT2D eigenvalue weighted by atomic mass is 10.0. The summed E-state index contributed by atoms with van der Waals surface area (Å²) in [6, 6.07) is 4.61. The van der Waals surface area contributed by atoms with Gasteiger partial charge < -0.3 is 5.32 Å². The van der Waals surface area contributed by atoms with Crippen LogP contribution in [0.4, 0.5) is 5.69 Å². The molecule has 5 heteroatoms. The molecule has 0 spiro atoms. The van der Waals surface area contributed by atoms with Crippen LogP contribution in [0.5, 0.6) is 0 Å². The van der Waals surface area contributed by atoms with E-state index in [2.05, 4.69) is 5.32 Å². The van der Waals surface area contributed by atoms with Crippen LogP contribution in [0.3, 0.4) is 0 Å². The SMILES string of the molecule is O=C1Cc2cc([N+](=O)[O-])ccc2CN1. The summed E-state index contributed by atoms with van der Waals surface area (Å²) in [5, 5.41) is 13.2. The van der Waals surface area contributed by atoms with Crippen LogP contribution in [0.1, 0.15) is 11.1 Å². The van der Waals surface area contributed by atoms with Gasteiger partial charge in [0, 0.05) is 18.7 Å². The molecule has 0 aromatic heterocycles. The lowest BCUT2D eigenvalue weighted by Gasteiger charge is -2.15. The molecule has 0 fully saturated rings. The summed E-state index contributed by atoms with van der Waals surface area (Å²) in [6.45, 7) is 0.464. The first-order valence-electron chi connectivity index (χ1n) is 4.20. The number of carbonyl (C=O) groups excluding carboxylic acids is 1. The number of carbonyl (C=O) groups is 1. The number of rotatable bonds is 1. The van der Waals surface area contributed by atoms with E-state index in [-0.39, 0.29) is 18.0 Å². The van der Waals surface area contributed by atoms with Gasteiger partial charge in [-0.3, -0.25) is 14.9 Å². The third-order valence-electron chi connectivity index (χ3n) is 2.23. The monoisotopic (exact) mass is 192 g/mol. The van der Waals surface area contributed by atoms with Crippen molar-refractivity contribution in [2.75, 3.05) is 0 Å². The van der Waals surface area contributed by atoms with Crippen molar-refractivity contribution in [3.8, 4) is 0 Å². The second kappa shape index (κ2) is 3.10. The molecule has 1 aromatic carbocycles. The van der Waals surface area contributed by atoms with E-state index < -0.39 is 4.92 Å². The van der Waals surface area contributed by atoms with Crippen LogP contribution < -0.4 is 5.32 Å². The summed E-state index contributed by atoms with van der Waals surface area (Å²) in [6.07, 6.45) is 0.233. The molecule has 1 aliphatic heterocycles. The lowest BCUT2D eigenvalue weighted by molar-refractivity contribution is -0.384. The summed E-state index contributed by atoms with van der Waals surface area (Å²) < 4.78 is 0. The van der Waals surface area contributed by atoms with Crippen molar-refractivity contribution in [2.24, 2.45) is 0 Å². The highest BCUT2D eigenvalue weighted by molar-refractivity contribution is 5.80. The molecule has 72 valence electrons. The van der Waals surface area contributed by atoms with Gasteiger partial charge in [0.15, 0.2) is 0 Å². The maximum atomic E-state index is 11.0. The first-order valence-corrected chi connectivity index (χ1v) is 4.20. The number of benzene rings is 1. The average molecular weight is 192 g/mol. The molecule has 1 aliphatic rings. The predicted octanol–water partition coefficient (Wildman–Crippen LogP) is 0.767. The largest absolute Gasteiger partial charge is 0.352 e. The van der Waals surface area contributed by atoms with E-state index in [1.807, 2.05) is 0 Å². The fourth-order valence-corrected chi connectivity index (χ4v) is 1.49. The zero-order chi connectivity index (χ0) is 10.1. The number of non-ortho nitro benzene ring substituents is 1. The van der Waals surface area contributed by atoms with E-state index in [0.29, 0.717) is 6.54 Å². The Morgan fingerprint density at radius 1 is 1.36 bits per heavy atom.